The number of pyridine rings is 1. The molecule has 1 N–H and O–H groups in total. The number of nitrogens with one attached hydrogen (secondary N) is 1. The van der Waals surface area contributed by atoms with Crippen LogP contribution < -0.4 is 5.32 Å². The molecule has 27 heavy (non-hydrogen) atoms. The molecule has 1 aliphatic carbocycles. The third-order valence-electron chi connectivity index (χ3n) is 5.16. The molecule has 5 rings (SSSR count). The number of carbonyl (C=O) groups is 2. The van der Waals surface area contributed by atoms with Crippen molar-refractivity contribution in [3.05, 3.63) is 52.1 Å². The van der Waals surface area contributed by atoms with Gasteiger partial charge in [-0.05, 0) is 48.7 Å². The number of anilines is 1. The van der Waals surface area contributed by atoms with E-state index in [0.29, 0.717) is 23.3 Å². The van der Waals surface area contributed by atoms with Gasteiger partial charge in [0.2, 0.25) is 11.6 Å². The minimum Gasteiger partial charge on any atom is -0.404 e. The predicted molar refractivity (Wildman–Crippen MR) is 101 cm³/mol. The molecule has 1 saturated carbocycles. The van der Waals surface area contributed by atoms with Crippen LogP contribution in [0.15, 0.2) is 45.4 Å². The standard InChI is InChI=1S/C19H15BrN4O3/c20-11-3-4-12-13(8-11)19(5-6-19)10-24(17(12)26)9-15(25)23-18-22-14-2-1-7-21-16(14)27-18/h1-4,7-8H,5-6,9-10H2,(H,22,23,25). The van der Waals surface area contributed by atoms with Crippen LogP contribution in [0.4, 0.5) is 6.01 Å². The zero-order valence-electron chi connectivity index (χ0n) is 14.2. The molecule has 136 valence electrons. The van der Waals surface area contributed by atoms with E-state index < -0.39 is 0 Å². The van der Waals surface area contributed by atoms with E-state index in [4.69, 9.17) is 4.42 Å². The van der Waals surface area contributed by atoms with Crippen molar-refractivity contribution >= 4 is 45.0 Å². The first kappa shape index (κ1) is 16.4. The van der Waals surface area contributed by atoms with Crippen LogP contribution >= 0.6 is 15.9 Å². The van der Waals surface area contributed by atoms with Gasteiger partial charge in [0.05, 0.1) is 0 Å². The molecule has 0 atom stereocenters. The topological polar surface area (TPSA) is 88.3 Å². The lowest BCUT2D eigenvalue weighted by atomic mass is 9.86. The summed E-state index contributed by atoms with van der Waals surface area (Å²) in [6.07, 6.45) is 3.65. The highest BCUT2D eigenvalue weighted by atomic mass is 79.9. The van der Waals surface area contributed by atoms with Gasteiger partial charge < -0.3 is 9.32 Å². The Bertz CT molecular complexity index is 1060. The number of rotatable bonds is 3. The molecule has 1 fully saturated rings. The fourth-order valence-electron chi connectivity index (χ4n) is 3.70. The second kappa shape index (κ2) is 5.88. The molecule has 0 bridgehead atoms. The second-order valence-electron chi connectivity index (χ2n) is 7.03. The molecule has 8 heteroatoms. The van der Waals surface area contributed by atoms with Gasteiger partial charge in [-0.3, -0.25) is 14.9 Å². The Morgan fingerprint density at radius 1 is 1.33 bits per heavy atom. The minimum atomic E-state index is -0.341. The summed E-state index contributed by atoms with van der Waals surface area (Å²) in [5.74, 6) is -0.462. The Hall–Kier alpha value is -2.74. The number of nitrogens with zero attached hydrogens (tertiary/aromatic N) is 3. The van der Waals surface area contributed by atoms with Crippen molar-refractivity contribution in [2.45, 2.75) is 18.3 Å². The molecule has 7 nitrogen and oxygen atoms in total. The maximum absolute atomic E-state index is 12.9. The van der Waals surface area contributed by atoms with Gasteiger partial charge in [0.25, 0.3) is 5.91 Å². The number of oxazole rings is 1. The summed E-state index contributed by atoms with van der Waals surface area (Å²) in [5, 5.41) is 2.62. The Morgan fingerprint density at radius 2 is 2.19 bits per heavy atom. The lowest BCUT2D eigenvalue weighted by Gasteiger charge is -2.34. The lowest BCUT2D eigenvalue weighted by Crippen LogP contribution is -2.46. The number of amides is 2. The summed E-state index contributed by atoms with van der Waals surface area (Å²) < 4.78 is 6.38. The van der Waals surface area contributed by atoms with Gasteiger partial charge in [-0.2, -0.15) is 4.98 Å². The fraction of sp³-hybridized carbons (Fsp3) is 0.263. The summed E-state index contributed by atoms with van der Waals surface area (Å²) in [7, 11) is 0. The van der Waals surface area contributed by atoms with E-state index in [0.717, 1.165) is 22.9 Å². The maximum atomic E-state index is 12.9. The van der Waals surface area contributed by atoms with E-state index in [1.54, 1.807) is 23.2 Å². The quantitative estimate of drug-likeness (QED) is 0.694. The Morgan fingerprint density at radius 3 is 2.96 bits per heavy atom. The Labute approximate surface area is 162 Å². The van der Waals surface area contributed by atoms with Crippen LogP contribution in [0, 0.1) is 0 Å². The lowest BCUT2D eigenvalue weighted by molar-refractivity contribution is -0.117. The zero-order valence-corrected chi connectivity index (χ0v) is 15.8. The second-order valence-corrected chi connectivity index (χ2v) is 7.94. The van der Waals surface area contributed by atoms with Crippen LogP contribution in [0.25, 0.3) is 11.2 Å². The molecule has 2 amide bonds. The number of halogens is 1. The van der Waals surface area contributed by atoms with E-state index in [2.05, 4.69) is 31.2 Å². The molecule has 0 saturated heterocycles. The first-order valence-corrected chi connectivity index (χ1v) is 9.44. The molecule has 0 radical (unpaired) electrons. The highest BCUT2D eigenvalue weighted by molar-refractivity contribution is 9.10. The molecule has 1 aliphatic heterocycles. The van der Waals surface area contributed by atoms with Crippen molar-refractivity contribution in [1.29, 1.82) is 0 Å². The van der Waals surface area contributed by atoms with Crippen LogP contribution in [0.5, 0.6) is 0 Å². The first-order valence-electron chi connectivity index (χ1n) is 8.65. The fourth-order valence-corrected chi connectivity index (χ4v) is 4.06. The number of benzene rings is 1. The van der Waals surface area contributed by atoms with Crippen molar-refractivity contribution in [2.75, 3.05) is 18.4 Å². The third-order valence-corrected chi connectivity index (χ3v) is 5.66. The Kier molecular flexibility index (Phi) is 3.58. The van der Waals surface area contributed by atoms with Gasteiger partial charge in [0.1, 0.15) is 12.1 Å². The zero-order chi connectivity index (χ0) is 18.6. The highest BCUT2D eigenvalue weighted by Crippen LogP contribution is 2.52. The van der Waals surface area contributed by atoms with Crippen LogP contribution in [0.3, 0.4) is 0 Å². The average molecular weight is 427 g/mol. The van der Waals surface area contributed by atoms with Gasteiger partial charge in [-0.15, -0.1) is 0 Å². The van der Waals surface area contributed by atoms with Gasteiger partial charge in [0.15, 0.2) is 0 Å². The van der Waals surface area contributed by atoms with Gasteiger partial charge in [-0.1, -0.05) is 15.9 Å². The van der Waals surface area contributed by atoms with Crippen molar-refractivity contribution in [3.63, 3.8) is 0 Å². The number of hydrogen-bond donors (Lipinski definition) is 1. The van der Waals surface area contributed by atoms with Crippen LogP contribution in [0.2, 0.25) is 0 Å². The Balaban J connectivity index is 1.35. The molecule has 3 aromatic rings. The largest absolute Gasteiger partial charge is 0.404 e. The molecule has 0 unspecified atom stereocenters. The van der Waals surface area contributed by atoms with Gasteiger partial charge in [-0.25, -0.2) is 4.98 Å². The van der Waals surface area contributed by atoms with E-state index in [1.807, 2.05) is 18.2 Å². The van der Waals surface area contributed by atoms with Gasteiger partial charge in [0, 0.05) is 28.2 Å². The monoisotopic (exact) mass is 426 g/mol. The third kappa shape index (κ3) is 2.80. The predicted octanol–water partition coefficient (Wildman–Crippen LogP) is 3.11. The normalized spacial score (nSPS) is 17.2. The summed E-state index contributed by atoms with van der Waals surface area (Å²) in [4.78, 5) is 35.2. The van der Waals surface area contributed by atoms with E-state index >= 15 is 0 Å². The average Bonchev–Trinajstić information content (AvgIpc) is 3.30. The summed E-state index contributed by atoms with van der Waals surface area (Å²) in [6.45, 7) is 0.514. The number of carbonyl (C=O) groups excluding carboxylic acids is 2. The van der Waals surface area contributed by atoms with Crippen LogP contribution in [-0.2, 0) is 10.2 Å². The molecule has 1 aromatic carbocycles. The number of aromatic nitrogens is 2. The minimum absolute atomic E-state index is 0.0190. The van der Waals surface area contributed by atoms with Crippen LogP contribution in [-0.4, -0.2) is 39.8 Å². The summed E-state index contributed by atoms with van der Waals surface area (Å²) in [6, 6.07) is 9.31. The molecular formula is C19H15BrN4O3. The van der Waals surface area contributed by atoms with Gasteiger partial charge >= 0.3 is 6.01 Å². The van der Waals surface area contributed by atoms with E-state index in [-0.39, 0.29) is 29.8 Å². The number of hydrogen-bond acceptors (Lipinski definition) is 5. The summed E-state index contributed by atoms with van der Waals surface area (Å²) >= 11 is 3.49. The maximum Gasteiger partial charge on any atom is 0.303 e. The molecule has 2 aliphatic rings. The summed E-state index contributed by atoms with van der Waals surface area (Å²) in [5.41, 5.74) is 2.68. The first-order chi connectivity index (χ1) is 13.0. The smallest absolute Gasteiger partial charge is 0.303 e. The van der Waals surface area contributed by atoms with Crippen LogP contribution in [0.1, 0.15) is 28.8 Å². The highest BCUT2D eigenvalue weighted by Gasteiger charge is 2.51. The number of fused-ring (bicyclic) bond motifs is 3. The molecule has 1 spiro atoms. The van der Waals surface area contributed by atoms with Crippen molar-refractivity contribution < 1.29 is 14.0 Å². The van der Waals surface area contributed by atoms with E-state index in [1.165, 1.54) is 0 Å². The van der Waals surface area contributed by atoms with E-state index in [9.17, 15) is 9.59 Å². The molecule has 2 aromatic heterocycles. The van der Waals surface area contributed by atoms with Crippen molar-refractivity contribution in [2.24, 2.45) is 0 Å². The molecular weight excluding hydrogens is 412 g/mol. The molecule has 3 heterocycles. The van der Waals surface area contributed by atoms with Crippen molar-refractivity contribution in [3.8, 4) is 0 Å². The van der Waals surface area contributed by atoms with Crippen molar-refractivity contribution in [1.82, 2.24) is 14.9 Å². The SMILES string of the molecule is O=C(CN1CC2(CC2)c2cc(Br)ccc2C1=O)Nc1nc2cccnc2o1.